The van der Waals surface area contributed by atoms with Gasteiger partial charge in [0.15, 0.2) is 0 Å². The molecule has 0 spiro atoms. The van der Waals surface area contributed by atoms with Crippen molar-refractivity contribution in [3.63, 3.8) is 0 Å². The van der Waals surface area contributed by atoms with Crippen LogP contribution in [-0.4, -0.2) is 4.57 Å². The Kier molecular flexibility index (Phi) is 6.97. The van der Waals surface area contributed by atoms with Crippen LogP contribution in [0.25, 0.3) is 38.6 Å². The van der Waals surface area contributed by atoms with E-state index in [0.717, 1.165) is 59.2 Å². The normalized spacial score (nSPS) is 36.5. The lowest BCUT2D eigenvalue weighted by Crippen LogP contribution is -2.61. The van der Waals surface area contributed by atoms with Gasteiger partial charge in [0.25, 0.3) is 0 Å². The molecule has 1 heterocycles. The standard InChI is InChI=1S/C48H53N/c1-2-11-30(12-3-1)32-24-26-46-44(29-32)38-17-6-7-22-45(38)49(46)34-14-8-13-31(27-34)33-23-25-37-41-20-9-18-39-35-15-4-5-16-36(35)40-19-10-21-42(43(37)28-33)48(40)47(39)41/h1-3,6-8,11-14,17,22,24,26-27,29,33,35-37,39-43,47-48H,4-5,9-10,15-16,18-21,23,25,28H2. The summed E-state index contributed by atoms with van der Waals surface area (Å²) in [5.74, 6) is 11.3. The maximum atomic E-state index is 2.60. The molecule has 0 N–H and O–H groups in total. The average molecular weight is 644 g/mol. The van der Waals surface area contributed by atoms with Crippen LogP contribution in [0.4, 0.5) is 0 Å². The van der Waals surface area contributed by atoms with Gasteiger partial charge in [0.05, 0.1) is 11.0 Å². The van der Waals surface area contributed by atoms with E-state index >= 15 is 0 Å². The van der Waals surface area contributed by atoms with Gasteiger partial charge in [0.2, 0.25) is 0 Å². The average Bonchev–Trinajstić information content (AvgIpc) is 3.51. The van der Waals surface area contributed by atoms with Crippen molar-refractivity contribution in [2.75, 3.05) is 0 Å². The van der Waals surface area contributed by atoms with Gasteiger partial charge in [-0.3, -0.25) is 0 Å². The first-order chi connectivity index (χ1) is 24.3. The van der Waals surface area contributed by atoms with Crippen LogP contribution in [0.15, 0.2) is 97.1 Å². The van der Waals surface area contributed by atoms with Crippen molar-refractivity contribution in [3.8, 4) is 16.8 Å². The second-order valence-electron chi connectivity index (χ2n) is 17.7. The number of rotatable bonds is 3. The van der Waals surface area contributed by atoms with Crippen LogP contribution in [0.3, 0.4) is 0 Å². The zero-order valence-corrected chi connectivity index (χ0v) is 29.2. The minimum absolute atomic E-state index is 0.710. The SMILES string of the molecule is c1ccc(-c2ccc3c(c2)c2ccccc2n3-c2cccc(C3CCC4C(C3)C3CCCC5C6CCCCC6C6CCCC4C6C53)c2)cc1. The molecule has 1 nitrogen and oxygen atoms in total. The summed E-state index contributed by atoms with van der Waals surface area (Å²) in [6.45, 7) is 0. The third-order valence-corrected chi connectivity index (χ3v) is 16.0. The van der Waals surface area contributed by atoms with Gasteiger partial charge in [-0.15, -0.1) is 0 Å². The summed E-state index contributed by atoms with van der Waals surface area (Å²) in [5.41, 5.74) is 8.16. The first-order valence-electron chi connectivity index (χ1n) is 20.5. The molecule has 0 aliphatic heterocycles. The fourth-order valence-electron chi connectivity index (χ4n) is 14.5. The molecule has 6 aliphatic carbocycles. The summed E-state index contributed by atoms with van der Waals surface area (Å²) >= 11 is 0. The van der Waals surface area contributed by atoms with Crippen molar-refractivity contribution in [1.82, 2.24) is 4.57 Å². The Labute approximate surface area is 293 Å². The van der Waals surface area contributed by atoms with E-state index in [1.807, 2.05) is 0 Å². The highest BCUT2D eigenvalue weighted by molar-refractivity contribution is 6.10. The predicted octanol–water partition coefficient (Wildman–Crippen LogP) is 12.8. The number of hydrogen-bond acceptors (Lipinski definition) is 0. The highest BCUT2D eigenvalue weighted by Crippen LogP contribution is 2.69. The third-order valence-electron chi connectivity index (χ3n) is 16.0. The lowest BCUT2D eigenvalue weighted by Gasteiger charge is -2.67. The Hall–Kier alpha value is -3.32. The summed E-state index contributed by atoms with van der Waals surface area (Å²) in [7, 11) is 0. The van der Waals surface area contributed by atoms with Crippen molar-refractivity contribution in [1.29, 1.82) is 0 Å². The monoisotopic (exact) mass is 643 g/mol. The van der Waals surface area contributed by atoms with Crippen molar-refractivity contribution in [2.45, 2.75) is 89.4 Å². The Balaban J connectivity index is 0.945. The molecule has 1 heteroatoms. The molecular formula is C48H53N. The minimum Gasteiger partial charge on any atom is -0.309 e. The highest BCUT2D eigenvalue weighted by atomic mass is 15.0. The van der Waals surface area contributed by atoms with Crippen molar-refractivity contribution in [2.24, 2.45) is 59.2 Å². The fourth-order valence-corrected chi connectivity index (χ4v) is 14.5. The number of fused-ring (bicyclic) bond motifs is 9. The van der Waals surface area contributed by atoms with Crippen molar-refractivity contribution in [3.05, 3.63) is 103 Å². The van der Waals surface area contributed by atoms with Crippen LogP contribution in [0.5, 0.6) is 0 Å². The van der Waals surface area contributed by atoms with Gasteiger partial charge in [-0.05, 0) is 170 Å². The molecule has 6 fully saturated rings. The zero-order valence-electron chi connectivity index (χ0n) is 29.2. The first kappa shape index (κ1) is 29.4. The van der Waals surface area contributed by atoms with E-state index in [4.69, 9.17) is 0 Å². The van der Waals surface area contributed by atoms with E-state index < -0.39 is 0 Å². The molecule has 0 bridgehead atoms. The summed E-state index contributed by atoms with van der Waals surface area (Å²) in [4.78, 5) is 0. The van der Waals surface area contributed by atoms with Gasteiger partial charge < -0.3 is 4.57 Å². The summed E-state index contributed by atoms with van der Waals surface area (Å²) < 4.78 is 2.55. The van der Waals surface area contributed by atoms with E-state index in [1.165, 1.54) is 83.6 Å². The summed E-state index contributed by atoms with van der Waals surface area (Å²) in [6.07, 6.45) is 19.9. The predicted molar refractivity (Wildman–Crippen MR) is 204 cm³/mol. The van der Waals surface area contributed by atoms with E-state index in [1.54, 1.807) is 44.1 Å². The molecule has 4 aromatic carbocycles. The molecule has 6 saturated carbocycles. The van der Waals surface area contributed by atoms with Crippen LogP contribution in [0, 0.1) is 59.2 Å². The highest BCUT2D eigenvalue weighted by Gasteiger charge is 2.62. The van der Waals surface area contributed by atoms with Crippen LogP contribution >= 0.6 is 0 Å². The minimum atomic E-state index is 0.710. The van der Waals surface area contributed by atoms with E-state index in [0.29, 0.717) is 5.92 Å². The third kappa shape index (κ3) is 4.49. The Bertz CT molecular complexity index is 2000. The van der Waals surface area contributed by atoms with Crippen molar-refractivity contribution >= 4 is 21.8 Å². The Morgan fingerprint density at radius 3 is 1.80 bits per heavy atom. The van der Waals surface area contributed by atoms with Gasteiger partial charge in [-0.2, -0.15) is 0 Å². The van der Waals surface area contributed by atoms with Gasteiger partial charge in [0, 0.05) is 16.5 Å². The van der Waals surface area contributed by atoms with Crippen molar-refractivity contribution < 1.29 is 0 Å². The first-order valence-corrected chi connectivity index (χ1v) is 20.5. The summed E-state index contributed by atoms with van der Waals surface area (Å²) in [5, 5.41) is 2.70. The van der Waals surface area contributed by atoms with E-state index in [2.05, 4.69) is 102 Å². The quantitative estimate of drug-likeness (QED) is 0.184. The number of benzene rings is 4. The van der Waals surface area contributed by atoms with Crippen LogP contribution in [-0.2, 0) is 0 Å². The molecule has 1 aromatic heterocycles. The van der Waals surface area contributed by atoms with Crippen LogP contribution in [0.2, 0.25) is 0 Å². The molecule has 11 unspecified atom stereocenters. The second-order valence-corrected chi connectivity index (χ2v) is 17.7. The summed E-state index contributed by atoms with van der Waals surface area (Å²) in [6, 6.07) is 36.9. The van der Waals surface area contributed by atoms with E-state index in [-0.39, 0.29) is 0 Å². The lowest BCUT2D eigenvalue weighted by molar-refractivity contribution is -0.188. The lowest BCUT2D eigenvalue weighted by atomic mass is 9.37. The van der Waals surface area contributed by atoms with Gasteiger partial charge in [-0.25, -0.2) is 0 Å². The molecule has 11 atom stereocenters. The molecule has 0 amide bonds. The number of para-hydroxylation sites is 1. The topological polar surface area (TPSA) is 4.93 Å². The number of hydrogen-bond donors (Lipinski definition) is 0. The Morgan fingerprint density at radius 2 is 1.04 bits per heavy atom. The number of nitrogens with zero attached hydrogens (tertiary/aromatic N) is 1. The molecule has 49 heavy (non-hydrogen) atoms. The fraction of sp³-hybridized carbons (Fsp3) is 0.500. The maximum Gasteiger partial charge on any atom is 0.0541 e. The Morgan fingerprint density at radius 1 is 0.408 bits per heavy atom. The smallest absolute Gasteiger partial charge is 0.0541 e. The molecule has 0 radical (unpaired) electrons. The van der Waals surface area contributed by atoms with Gasteiger partial charge >= 0.3 is 0 Å². The molecule has 11 rings (SSSR count). The molecule has 250 valence electrons. The van der Waals surface area contributed by atoms with Gasteiger partial charge in [-0.1, -0.05) is 92.4 Å². The molecule has 5 aromatic rings. The largest absolute Gasteiger partial charge is 0.309 e. The maximum absolute atomic E-state index is 2.60. The number of aromatic nitrogens is 1. The second kappa shape index (κ2) is 11.6. The molecule has 0 saturated heterocycles. The van der Waals surface area contributed by atoms with Crippen LogP contribution in [0.1, 0.15) is 95.0 Å². The van der Waals surface area contributed by atoms with Crippen LogP contribution < -0.4 is 0 Å². The molecular weight excluding hydrogens is 591 g/mol. The molecule has 6 aliphatic rings. The van der Waals surface area contributed by atoms with E-state index in [9.17, 15) is 0 Å². The zero-order chi connectivity index (χ0) is 32.1. The van der Waals surface area contributed by atoms with Gasteiger partial charge in [0.1, 0.15) is 0 Å².